The van der Waals surface area contributed by atoms with Crippen molar-refractivity contribution in [1.29, 1.82) is 0 Å². The fourth-order valence-corrected chi connectivity index (χ4v) is 2.83. The molecule has 0 bridgehead atoms. The second kappa shape index (κ2) is 6.85. The Kier molecular flexibility index (Phi) is 4.23. The monoisotopic (exact) mass is 360 g/mol. The molecule has 0 spiro atoms. The minimum atomic E-state index is -1.38. The van der Waals surface area contributed by atoms with Crippen molar-refractivity contribution in [3.05, 3.63) is 55.0 Å². The van der Waals surface area contributed by atoms with E-state index in [2.05, 4.69) is 25.0 Å². The molecule has 2 aromatic heterocycles. The van der Waals surface area contributed by atoms with Gasteiger partial charge in [-0.3, -0.25) is 4.79 Å². The molecule has 4 aromatic rings. The average molecular weight is 360 g/mol. The first-order valence-corrected chi connectivity index (χ1v) is 7.96. The molecule has 4 rings (SSSR count). The molecule has 0 aliphatic heterocycles. The first-order valence-electron chi connectivity index (χ1n) is 7.96. The van der Waals surface area contributed by atoms with Gasteiger partial charge in [-0.15, -0.1) is 0 Å². The van der Waals surface area contributed by atoms with Gasteiger partial charge in [-0.05, 0) is 29.2 Å². The van der Waals surface area contributed by atoms with Gasteiger partial charge in [-0.1, -0.05) is 18.2 Å². The highest BCUT2D eigenvalue weighted by atomic mass is 16.5. The second-order valence-corrected chi connectivity index (χ2v) is 5.71. The molecule has 9 nitrogen and oxygen atoms in total. The normalized spacial score (nSPS) is 10.7. The van der Waals surface area contributed by atoms with E-state index in [9.17, 15) is 9.82 Å². The molecule has 0 amide bonds. The van der Waals surface area contributed by atoms with Crippen LogP contribution in [0.4, 0.5) is 5.69 Å². The first-order chi connectivity index (χ1) is 13.2. The van der Waals surface area contributed by atoms with Crippen LogP contribution < -0.4 is 11.2 Å². The first kappa shape index (κ1) is 16.7. The fraction of sp³-hybridized carbons (Fsp3) is 0. The number of nitrogens with two attached hydrogens (primary N) is 1. The van der Waals surface area contributed by atoms with Crippen LogP contribution in [0.5, 0.6) is 0 Å². The van der Waals surface area contributed by atoms with Crippen LogP contribution in [-0.2, 0) is 9.45 Å². The lowest BCUT2D eigenvalue weighted by molar-refractivity contribution is -0.121. The summed E-state index contributed by atoms with van der Waals surface area (Å²) >= 11 is 0. The smallest absolute Gasteiger partial charge is 0.508 e. The lowest BCUT2D eigenvalue weighted by Gasteiger charge is -2.13. The van der Waals surface area contributed by atoms with E-state index in [1.165, 1.54) is 11.0 Å². The van der Waals surface area contributed by atoms with Gasteiger partial charge in [-0.2, -0.15) is 25.2 Å². The van der Waals surface area contributed by atoms with Crippen molar-refractivity contribution in [2.24, 2.45) is 0 Å². The molecule has 0 aliphatic carbocycles. The summed E-state index contributed by atoms with van der Waals surface area (Å²) in [5.74, 6) is 0. The standard InChI is InChI=1S/C17H13BN6O3/c19-15-9-20-23-16-7-11(1-3-13(15)16)14-8-12(18(26)27-10-25)2-4-17(14)24-21-5-6-22-24/h1-10,26H,(H2,19,23). The largest absolute Gasteiger partial charge is 0.561 e. The number of carbonyl (C=O) groups excluding carboxylic acids is 1. The Labute approximate surface area is 153 Å². The molecule has 0 saturated heterocycles. The minimum Gasteiger partial charge on any atom is -0.508 e. The number of hydrogen-bond acceptors (Lipinski definition) is 8. The van der Waals surface area contributed by atoms with E-state index in [0.717, 1.165) is 10.9 Å². The third kappa shape index (κ3) is 3.09. The predicted molar refractivity (Wildman–Crippen MR) is 99.1 cm³/mol. The number of rotatable bonds is 5. The third-order valence-electron chi connectivity index (χ3n) is 4.11. The van der Waals surface area contributed by atoms with Crippen molar-refractivity contribution in [2.75, 3.05) is 5.73 Å². The average Bonchev–Trinajstić information content (AvgIpc) is 3.22. The highest BCUT2D eigenvalue weighted by molar-refractivity contribution is 6.61. The summed E-state index contributed by atoms with van der Waals surface area (Å²) in [5.41, 5.74) is 9.68. The highest BCUT2D eigenvalue weighted by Gasteiger charge is 2.21. The number of nitrogens with zero attached hydrogens (tertiary/aromatic N) is 5. The Morgan fingerprint density at radius 3 is 2.74 bits per heavy atom. The van der Waals surface area contributed by atoms with Crippen LogP contribution >= 0.6 is 0 Å². The Bertz CT molecular complexity index is 1120. The van der Waals surface area contributed by atoms with Gasteiger partial charge in [0.05, 0.1) is 35.5 Å². The van der Waals surface area contributed by atoms with Crippen LogP contribution in [0.15, 0.2) is 55.0 Å². The predicted octanol–water partition coefficient (Wildman–Crippen LogP) is 0.320. The number of benzene rings is 2. The van der Waals surface area contributed by atoms with E-state index in [1.807, 2.05) is 18.2 Å². The summed E-state index contributed by atoms with van der Waals surface area (Å²) in [5, 5.41) is 27.1. The van der Waals surface area contributed by atoms with E-state index < -0.39 is 7.12 Å². The van der Waals surface area contributed by atoms with Gasteiger partial charge in [0, 0.05) is 10.9 Å². The molecule has 0 atom stereocenters. The van der Waals surface area contributed by atoms with Crippen LogP contribution in [0, 0.1) is 0 Å². The zero-order valence-electron chi connectivity index (χ0n) is 13.9. The highest BCUT2D eigenvalue weighted by Crippen LogP contribution is 2.29. The molecule has 0 radical (unpaired) electrons. The van der Waals surface area contributed by atoms with Gasteiger partial charge in [0.1, 0.15) is 0 Å². The maximum Gasteiger partial charge on any atom is 0.561 e. The Hall–Kier alpha value is -3.79. The zero-order chi connectivity index (χ0) is 18.8. The van der Waals surface area contributed by atoms with Crippen LogP contribution in [0.3, 0.4) is 0 Å². The van der Waals surface area contributed by atoms with E-state index in [4.69, 9.17) is 5.73 Å². The lowest BCUT2D eigenvalue weighted by Crippen LogP contribution is -2.33. The van der Waals surface area contributed by atoms with Crippen LogP contribution in [0.1, 0.15) is 0 Å². The van der Waals surface area contributed by atoms with Gasteiger partial charge in [0.2, 0.25) is 0 Å². The molecule has 27 heavy (non-hydrogen) atoms. The summed E-state index contributed by atoms with van der Waals surface area (Å²) in [7, 11) is -1.38. The fourth-order valence-electron chi connectivity index (χ4n) is 2.83. The lowest BCUT2D eigenvalue weighted by atomic mass is 9.78. The number of anilines is 1. The van der Waals surface area contributed by atoms with Crippen LogP contribution in [0.25, 0.3) is 27.7 Å². The van der Waals surface area contributed by atoms with Crippen LogP contribution in [-0.4, -0.2) is 43.8 Å². The molecular weight excluding hydrogens is 347 g/mol. The number of aromatic nitrogens is 5. The van der Waals surface area contributed by atoms with Gasteiger partial charge in [0.25, 0.3) is 6.47 Å². The summed E-state index contributed by atoms with van der Waals surface area (Å²) in [6.07, 6.45) is 4.62. The molecule has 2 heterocycles. The molecule has 0 fully saturated rings. The number of fused-ring (bicyclic) bond motifs is 1. The minimum absolute atomic E-state index is 0.196. The van der Waals surface area contributed by atoms with E-state index in [1.54, 1.807) is 30.6 Å². The summed E-state index contributed by atoms with van der Waals surface area (Å²) in [6, 6.07) is 10.6. The number of nitrogen functional groups attached to an aromatic ring is 1. The second-order valence-electron chi connectivity index (χ2n) is 5.71. The Balaban J connectivity index is 1.91. The third-order valence-corrected chi connectivity index (χ3v) is 4.11. The maximum atomic E-state index is 10.5. The van der Waals surface area contributed by atoms with E-state index in [0.29, 0.717) is 27.9 Å². The van der Waals surface area contributed by atoms with Gasteiger partial charge in [-0.25, -0.2) is 0 Å². The van der Waals surface area contributed by atoms with E-state index in [-0.39, 0.29) is 6.47 Å². The van der Waals surface area contributed by atoms with Crippen molar-refractivity contribution in [2.45, 2.75) is 0 Å². The summed E-state index contributed by atoms with van der Waals surface area (Å²) in [6.45, 7) is 0.196. The number of carbonyl (C=O) groups is 1. The van der Waals surface area contributed by atoms with Gasteiger partial charge in [0.15, 0.2) is 0 Å². The van der Waals surface area contributed by atoms with Crippen LogP contribution in [0.2, 0.25) is 0 Å². The summed E-state index contributed by atoms with van der Waals surface area (Å²) < 4.78 is 4.63. The molecule has 3 N–H and O–H groups in total. The van der Waals surface area contributed by atoms with Gasteiger partial charge < -0.3 is 15.4 Å². The topological polar surface area (TPSA) is 129 Å². The van der Waals surface area contributed by atoms with Crippen molar-refractivity contribution in [3.8, 4) is 16.8 Å². The molecule has 0 unspecified atom stereocenters. The van der Waals surface area contributed by atoms with E-state index >= 15 is 0 Å². The van der Waals surface area contributed by atoms with Crippen molar-refractivity contribution < 1.29 is 14.5 Å². The van der Waals surface area contributed by atoms with Crippen molar-refractivity contribution >= 4 is 35.6 Å². The van der Waals surface area contributed by atoms with Crippen molar-refractivity contribution in [3.63, 3.8) is 0 Å². The van der Waals surface area contributed by atoms with Crippen molar-refractivity contribution in [1.82, 2.24) is 25.2 Å². The Morgan fingerprint density at radius 2 is 1.96 bits per heavy atom. The SMILES string of the molecule is Nc1cnnc2cc(-c3cc(B(O)OC=O)ccc3-n3nccn3)ccc12. The molecule has 10 heteroatoms. The summed E-state index contributed by atoms with van der Waals surface area (Å²) in [4.78, 5) is 12.0. The molecule has 0 aliphatic rings. The zero-order valence-corrected chi connectivity index (χ0v) is 13.9. The quantitative estimate of drug-likeness (QED) is 0.385. The molecule has 132 valence electrons. The van der Waals surface area contributed by atoms with Gasteiger partial charge >= 0.3 is 7.12 Å². The Morgan fingerprint density at radius 1 is 1.15 bits per heavy atom. The maximum absolute atomic E-state index is 10.5. The molecular formula is C17H13BN6O3. The number of hydrogen-bond donors (Lipinski definition) is 2. The molecule has 0 saturated carbocycles. The molecule has 2 aromatic carbocycles.